The van der Waals surface area contributed by atoms with Crippen LogP contribution in [0.3, 0.4) is 0 Å². The molecule has 3 aliphatic rings. The Bertz CT molecular complexity index is 1180. The second-order valence-electron chi connectivity index (χ2n) is 11.0. The Kier molecular flexibility index (Phi) is 9.66. The van der Waals surface area contributed by atoms with Crippen molar-refractivity contribution in [2.45, 2.75) is 49.9 Å². The molecule has 6 nitrogen and oxygen atoms in total. The smallest absolute Gasteiger partial charge is 0.260 e. The molecule has 3 fully saturated rings. The van der Waals surface area contributed by atoms with Gasteiger partial charge in [0.2, 0.25) is 0 Å². The molecule has 8 heteroatoms. The molecule has 1 N–H and O–H groups in total. The molecule has 1 aliphatic carbocycles. The van der Waals surface area contributed by atoms with Crippen molar-refractivity contribution in [3.8, 4) is 0 Å². The Labute approximate surface area is 241 Å². The molecule has 2 aromatic carbocycles. The summed E-state index contributed by atoms with van der Waals surface area (Å²) in [5.74, 6) is 0.0405. The van der Waals surface area contributed by atoms with Gasteiger partial charge >= 0.3 is 0 Å². The number of thioether (sulfide) groups is 1. The third-order valence-electron chi connectivity index (χ3n) is 8.06. The fourth-order valence-electron chi connectivity index (χ4n) is 5.75. The summed E-state index contributed by atoms with van der Waals surface area (Å²) in [6.07, 6.45) is 7.49. The van der Waals surface area contributed by atoms with Crippen molar-refractivity contribution in [2.24, 2.45) is 0 Å². The van der Waals surface area contributed by atoms with E-state index in [1.54, 1.807) is 11.8 Å². The lowest BCUT2D eigenvalue weighted by Crippen LogP contribution is -2.50. The van der Waals surface area contributed by atoms with E-state index in [0.29, 0.717) is 28.9 Å². The summed E-state index contributed by atoms with van der Waals surface area (Å²) >= 11 is 7.96. The van der Waals surface area contributed by atoms with Gasteiger partial charge in [0.25, 0.3) is 11.8 Å². The van der Waals surface area contributed by atoms with Gasteiger partial charge in [-0.25, -0.2) is 0 Å². The lowest BCUT2D eigenvalue weighted by molar-refractivity contribution is -0.130. The van der Waals surface area contributed by atoms with E-state index in [1.165, 1.54) is 12.8 Å². The molecule has 0 aromatic heterocycles. The number of carbonyl (C=O) groups is 2. The van der Waals surface area contributed by atoms with Crippen LogP contribution in [0.4, 0.5) is 0 Å². The van der Waals surface area contributed by atoms with Gasteiger partial charge in [0.15, 0.2) is 0 Å². The quantitative estimate of drug-likeness (QED) is 0.354. The van der Waals surface area contributed by atoms with Gasteiger partial charge in [-0.2, -0.15) is 0 Å². The minimum absolute atomic E-state index is 0.0477. The molecule has 2 aromatic rings. The highest BCUT2D eigenvalue weighted by Gasteiger charge is 2.40. The number of halogens is 1. The van der Waals surface area contributed by atoms with E-state index in [4.69, 9.17) is 11.6 Å². The predicted octanol–water partition coefficient (Wildman–Crippen LogP) is 5.14. The molecular formula is C31H39ClN4O2S. The van der Waals surface area contributed by atoms with Crippen LogP contribution < -0.4 is 5.32 Å². The van der Waals surface area contributed by atoms with Crippen LogP contribution >= 0.6 is 23.4 Å². The van der Waals surface area contributed by atoms with Gasteiger partial charge in [0.1, 0.15) is 0 Å². The molecule has 39 heavy (non-hydrogen) atoms. The fraction of sp³-hybridized carbons (Fsp3) is 0.484. The Morgan fingerprint density at radius 3 is 2.62 bits per heavy atom. The molecule has 0 radical (unpaired) electrons. The number of nitrogens with one attached hydrogen (secondary N) is 1. The summed E-state index contributed by atoms with van der Waals surface area (Å²) in [6, 6.07) is 15.7. The Hall–Kier alpha value is -2.32. The number of hydrogen-bond acceptors (Lipinski definition) is 5. The second-order valence-corrected chi connectivity index (χ2v) is 12.7. The second kappa shape index (κ2) is 13.4. The average Bonchev–Trinajstić information content (AvgIpc) is 2.94. The van der Waals surface area contributed by atoms with E-state index < -0.39 is 0 Å². The topological polar surface area (TPSA) is 55.9 Å². The van der Waals surface area contributed by atoms with E-state index in [-0.39, 0.29) is 17.9 Å². The van der Waals surface area contributed by atoms with Gasteiger partial charge in [-0.05, 0) is 74.3 Å². The van der Waals surface area contributed by atoms with E-state index in [1.807, 2.05) is 54.6 Å². The van der Waals surface area contributed by atoms with Crippen molar-refractivity contribution in [2.75, 3.05) is 46.3 Å². The molecule has 2 aliphatic heterocycles. The van der Waals surface area contributed by atoms with Crippen molar-refractivity contribution in [1.29, 1.82) is 0 Å². The number of rotatable bonds is 8. The lowest BCUT2D eigenvalue weighted by Gasteiger charge is -2.44. The van der Waals surface area contributed by atoms with E-state index in [0.717, 1.165) is 68.0 Å². The number of likely N-dealkylation sites (N-methyl/N-ethyl adjacent to an activating group) is 1. The molecule has 5 rings (SSSR count). The first-order chi connectivity index (χ1) is 19.0. The SMILES string of the molecule is CN1CCN(CCCNC(=O)c2ccc(/C=C3/SC4CCCCC4N(Cc4cccc(Cl)c4)C3=O)cc2)CC1. The van der Waals surface area contributed by atoms with Crippen molar-refractivity contribution in [1.82, 2.24) is 20.0 Å². The molecule has 2 amide bonds. The number of benzene rings is 2. The van der Waals surface area contributed by atoms with Crippen LogP contribution in [-0.2, 0) is 11.3 Å². The summed E-state index contributed by atoms with van der Waals surface area (Å²) in [5, 5.41) is 4.16. The Balaban J connectivity index is 1.19. The minimum atomic E-state index is -0.0477. The molecule has 0 bridgehead atoms. The van der Waals surface area contributed by atoms with Gasteiger partial charge in [-0.15, -0.1) is 11.8 Å². The minimum Gasteiger partial charge on any atom is -0.352 e. The third kappa shape index (κ3) is 7.46. The van der Waals surface area contributed by atoms with Crippen molar-refractivity contribution >= 4 is 41.3 Å². The van der Waals surface area contributed by atoms with Gasteiger partial charge in [-0.3, -0.25) is 9.59 Å². The first-order valence-corrected chi connectivity index (χ1v) is 15.4. The Morgan fingerprint density at radius 2 is 1.85 bits per heavy atom. The molecule has 0 spiro atoms. The zero-order chi connectivity index (χ0) is 27.2. The van der Waals surface area contributed by atoms with Gasteiger partial charge < -0.3 is 20.0 Å². The highest BCUT2D eigenvalue weighted by molar-refractivity contribution is 8.04. The monoisotopic (exact) mass is 566 g/mol. The number of piperazine rings is 1. The third-order valence-corrected chi connectivity index (χ3v) is 9.70. The highest BCUT2D eigenvalue weighted by atomic mass is 35.5. The number of nitrogens with zero attached hydrogens (tertiary/aromatic N) is 3. The van der Waals surface area contributed by atoms with Crippen molar-refractivity contribution < 1.29 is 9.59 Å². The van der Waals surface area contributed by atoms with E-state index >= 15 is 0 Å². The summed E-state index contributed by atoms with van der Waals surface area (Å²) in [7, 11) is 2.16. The number of carbonyl (C=O) groups excluding carboxylic acids is 2. The normalized spacial score (nSPS) is 23.6. The molecule has 2 unspecified atom stereocenters. The maximum absolute atomic E-state index is 13.7. The molecule has 2 saturated heterocycles. The first-order valence-electron chi connectivity index (χ1n) is 14.2. The number of fused-ring (bicyclic) bond motifs is 1. The van der Waals surface area contributed by atoms with Crippen LogP contribution in [0.1, 0.15) is 53.6 Å². The highest BCUT2D eigenvalue weighted by Crippen LogP contribution is 2.42. The maximum Gasteiger partial charge on any atom is 0.260 e. The Morgan fingerprint density at radius 1 is 1.08 bits per heavy atom. The van der Waals surface area contributed by atoms with Crippen molar-refractivity contribution in [3.63, 3.8) is 0 Å². The van der Waals surface area contributed by atoms with Crippen LogP contribution in [0.5, 0.6) is 0 Å². The van der Waals surface area contributed by atoms with Crippen LogP contribution in [0, 0.1) is 0 Å². The maximum atomic E-state index is 13.7. The van der Waals surface area contributed by atoms with Crippen LogP contribution in [0.25, 0.3) is 6.08 Å². The first kappa shape index (κ1) is 28.2. The van der Waals surface area contributed by atoms with Gasteiger partial charge in [-0.1, -0.05) is 48.7 Å². The summed E-state index contributed by atoms with van der Waals surface area (Å²) in [5.41, 5.74) is 2.65. The molecule has 2 atom stereocenters. The van der Waals surface area contributed by atoms with Gasteiger partial charge in [0.05, 0.1) is 4.91 Å². The number of hydrogen-bond donors (Lipinski definition) is 1. The number of amides is 2. The van der Waals surface area contributed by atoms with Gasteiger partial charge in [0, 0.05) is 61.1 Å². The van der Waals surface area contributed by atoms with E-state index in [2.05, 4.69) is 27.1 Å². The standard InChI is InChI=1S/C31H39ClN4O2S/c1-34-16-18-35(19-17-34)15-5-14-33-30(37)25-12-10-23(11-13-25)21-29-31(38)36(22-24-6-4-7-26(32)20-24)27-8-2-3-9-28(27)39-29/h4,6-7,10-13,20-21,27-28H,2-3,5,8-9,14-19,22H2,1H3,(H,33,37)/b29-21+. The van der Waals surface area contributed by atoms with Crippen LogP contribution in [0.15, 0.2) is 53.4 Å². The zero-order valence-electron chi connectivity index (χ0n) is 22.8. The van der Waals surface area contributed by atoms with Crippen LogP contribution in [-0.4, -0.2) is 84.1 Å². The zero-order valence-corrected chi connectivity index (χ0v) is 24.4. The summed E-state index contributed by atoms with van der Waals surface area (Å²) in [6.45, 7) is 6.69. The molecule has 1 saturated carbocycles. The molecule has 2 heterocycles. The molecule has 208 valence electrons. The summed E-state index contributed by atoms with van der Waals surface area (Å²) < 4.78 is 0. The van der Waals surface area contributed by atoms with Crippen LogP contribution in [0.2, 0.25) is 5.02 Å². The largest absolute Gasteiger partial charge is 0.352 e. The summed E-state index contributed by atoms with van der Waals surface area (Å²) in [4.78, 5) is 34.0. The lowest BCUT2D eigenvalue weighted by atomic mass is 9.92. The average molecular weight is 567 g/mol. The molecular weight excluding hydrogens is 528 g/mol. The fourth-order valence-corrected chi connectivity index (χ4v) is 7.44. The van der Waals surface area contributed by atoms with Crippen molar-refractivity contribution in [3.05, 3.63) is 75.1 Å². The van der Waals surface area contributed by atoms with E-state index in [9.17, 15) is 9.59 Å². The predicted molar refractivity (Wildman–Crippen MR) is 161 cm³/mol.